The Morgan fingerprint density at radius 2 is 1.49 bits per heavy atom. The van der Waals surface area contributed by atoms with Crippen molar-refractivity contribution < 1.29 is 24.6 Å². The molecule has 9 atom stereocenters. The molecule has 194 valence electrons. The Kier molecular flexibility index (Phi) is 5.16. The van der Waals surface area contributed by atoms with Crippen LogP contribution in [0.2, 0.25) is 0 Å². The summed E-state index contributed by atoms with van der Waals surface area (Å²) in [6, 6.07) is 0. The van der Waals surface area contributed by atoms with Crippen molar-refractivity contribution in [1.82, 2.24) is 0 Å². The van der Waals surface area contributed by atoms with E-state index < -0.39 is 16.8 Å². The summed E-state index contributed by atoms with van der Waals surface area (Å²) in [5, 5.41) is 20.6. The van der Waals surface area contributed by atoms with Crippen LogP contribution in [0.3, 0.4) is 0 Å². The van der Waals surface area contributed by atoms with Gasteiger partial charge >= 0.3 is 5.97 Å². The molecule has 5 aliphatic carbocycles. The minimum Gasteiger partial charge on any atom is -0.504 e. The van der Waals surface area contributed by atoms with Gasteiger partial charge in [-0.2, -0.15) is 0 Å². The van der Waals surface area contributed by atoms with E-state index >= 15 is 0 Å². The van der Waals surface area contributed by atoms with Crippen molar-refractivity contribution in [3.05, 3.63) is 11.3 Å². The van der Waals surface area contributed by atoms with Crippen LogP contribution in [0.5, 0.6) is 0 Å². The average molecular weight is 485 g/mol. The van der Waals surface area contributed by atoms with Crippen molar-refractivity contribution in [1.29, 1.82) is 0 Å². The summed E-state index contributed by atoms with van der Waals surface area (Å²) in [6.07, 6.45) is 9.55. The third-order valence-electron chi connectivity index (χ3n) is 13.5. The second-order valence-corrected chi connectivity index (χ2v) is 14.5. The Bertz CT molecular complexity index is 1030. The van der Waals surface area contributed by atoms with E-state index in [1.54, 1.807) is 6.92 Å². The lowest BCUT2D eigenvalue weighted by Crippen LogP contribution is -2.68. The molecule has 9 unspecified atom stereocenters. The van der Waals surface area contributed by atoms with Gasteiger partial charge in [-0.1, -0.05) is 27.7 Å². The van der Waals surface area contributed by atoms with E-state index in [0.717, 1.165) is 57.7 Å². The molecule has 2 N–H and O–H groups in total. The minimum atomic E-state index is -0.747. The lowest BCUT2D eigenvalue weighted by Gasteiger charge is -2.74. The van der Waals surface area contributed by atoms with Crippen LogP contribution < -0.4 is 0 Å². The summed E-state index contributed by atoms with van der Waals surface area (Å²) >= 11 is 0. The predicted molar refractivity (Wildman–Crippen MR) is 134 cm³/mol. The molecule has 5 aliphatic rings. The zero-order chi connectivity index (χ0) is 25.8. The van der Waals surface area contributed by atoms with Gasteiger partial charge in [0.25, 0.3) is 0 Å². The molecular weight excluding hydrogens is 440 g/mol. The van der Waals surface area contributed by atoms with Crippen molar-refractivity contribution >= 4 is 18.0 Å². The van der Waals surface area contributed by atoms with Gasteiger partial charge in [0.05, 0.1) is 10.8 Å². The van der Waals surface area contributed by atoms with Crippen LogP contribution in [0.4, 0.5) is 0 Å². The molecule has 0 spiro atoms. The van der Waals surface area contributed by atoms with E-state index in [0.29, 0.717) is 23.8 Å². The molecule has 4 fully saturated rings. The highest BCUT2D eigenvalue weighted by Gasteiger charge is 2.71. The second-order valence-electron chi connectivity index (χ2n) is 14.5. The Balaban J connectivity index is 1.59. The zero-order valence-electron chi connectivity index (χ0n) is 22.5. The standard InChI is InChI=1S/C30H44O5/c1-18-23(33)19(32)15-21-27(4)12-14-29(6)22-16-26(3,24(34)35)10-9-25(22,2)11-13-28(29,5)20(27)7-8-30(18,21)17-31/h17,20-22,33H,7-16H2,1-6H3,(H,34,35). The number of aliphatic hydroxyl groups excluding tert-OH is 1. The maximum atomic E-state index is 12.8. The van der Waals surface area contributed by atoms with Gasteiger partial charge in [-0.25, -0.2) is 0 Å². The number of Topliss-reactive ketones (excluding diaryl/α,β-unsaturated/α-hetero) is 1. The number of allylic oxidation sites excluding steroid dienone is 2. The molecule has 35 heavy (non-hydrogen) atoms. The van der Waals surface area contributed by atoms with Gasteiger partial charge in [-0.05, 0) is 117 Å². The molecule has 0 saturated heterocycles. The molecule has 0 radical (unpaired) electrons. The van der Waals surface area contributed by atoms with E-state index in [1.165, 1.54) is 0 Å². The first-order valence-electron chi connectivity index (χ1n) is 13.8. The van der Waals surface area contributed by atoms with Gasteiger partial charge < -0.3 is 15.0 Å². The Morgan fingerprint density at radius 1 is 0.886 bits per heavy atom. The van der Waals surface area contributed by atoms with Crippen LogP contribution in [0.25, 0.3) is 0 Å². The highest BCUT2D eigenvalue weighted by molar-refractivity contribution is 5.97. The van der Waals surface area contributed by atoms with Crippen molar-refractivity contribution in [3.8, 4) is 0 Å². The summed E-state index contributed by atoms with van der Waals surface area (Å²) in [5.41, 5.74) is -0.783. The largest absolute Gasteiger partial charge is 0.504 e. The van der Waals surface area contributed by atoms with Crippen molar-refractivity contribution in [2.75, 3.05) is 0 Å². The molecule has 5 heteroatoms. The Hall–Kier alpha value is -1.65. The molecule has 0 aliphatic heterocycles. The van der Waals surface area contributed by atoms with E-state index in [-0.39, 0.29) is 45.5 Å². The molecule has 0 bridgehead atoms. The number of carbonyl (C=O) groups excluding carboxylic acids is 2. The van der Waals surface area contributed by atoms with E-state index in [2.05, 4.69) is 27.7 Å². The van der Waals surface area contributed by atoms with Crippen LogP contribution >= 0.6 is 0 Å². The first kappa shape index (κ1) is 25.0. The first-order chi connectivity index (χ1) is 16.1. The van der Waals surface area contributed by atoms with Crippen LogP contribution in [0.15, 0.2) is 11.3 Å². The van der Waals surface area contributed by atoms with Crippen LogP contribution in [-0.2, 0) is 14.4 Å². The number of rotatable bonds is 2. The lowest BCUT2D eigenvalue weighted by molar-refractivity contribution is -0.248. The molecule has 0 aromatic heterocycles. The second kappa shape index (κ2) is 7.22. The predicted octanol–water partition coefficient (Wildman–Crippen LogP) is 6.51. The number of aldehydes is 1. The number of carboxylic acid groups (broad SMARTS) is 1. The van der Waals surface area contributed by atoms with Crippen LogP contribution in [-0.4, -0.2) is 28.3 Å². The third-order valence-corrected chi connectivity index (χ3v) is 13.5. The highest BCUT2D eigenvalue weighted by atomic mass is 16.4. The minimum absolute atomic E-state index is 0.0220. The fourth-order valence-corrected chi connectivity index (χ4v) is 10.7. The molecule has 5 rings (SSSR count). The summed E-state index contributed by atoms with van der Waals surface area (Å²) in [6.45, 7) is 13.4. The maximum Gasteiger partial charge on any atom is 0.309 e. The molecular formula is C30H44O5. The van der Waals surface area contributed by atoms with Gasteiger partial charge in [-0.15, -0.1) is 0 Å². The van der Waals surface area contributed by atoms with Gasteiger partial charge in [0.1, 0.15) is 6.29 Å². The summed E-state index contributed by atoms with van der Waals surface area (Å²) in [7, 11) is 0. The van der Waals surface area contributed by atoms with E-state index in [9.17, 15) is 24.6 Å². The fourth-order valence-electron chi connectivity index (χ4n) is 10.7. The third kappa shape index (κ3) is 2.84. The summed E-state index contributed by atoms with van der Waals surface area (Å²) < 4.78 is 0. The van der Waals surface area contributed by atoms with Gasteiger partial charge in [0, 0.05) is 6.42 Å². The SMILES string of the molecule is CC1=C(O)C(=O)CC2C1(C=O)CCC1C2(C)CCC2(C)C3CC(C)(C(=O)O)CCC3(C)CCC12C. The molecule has 0 aromatic rings. The molecule has 4 saturated carbocycles. The maximum absolute atomic E-state index is 12.8. The van der Waals surface area contributed by atoms with E-state index in [4.69, 9.17) is 0 Å². The number of hydrogen-bond donors (Lipinski definition) is 2. The number of hydrogen-bond acceptors (Lipinski definition) is 4. The fraction of sp³-hybridized carbons (Fsp3) is 0.833. The number of fused-ring (bicyclic) bond motifs is 7. The van der Waals surface area contributed by atoms with Gasteiger partial charge in [0.2, 0.25) is 0 Å². The van der Waals surface area contributed by atoms with E-state index in [1.807, 2.05) is 6.92 Å². The first-order valence-corrected chi connectivity index (χ1v) is 13.8. The molecule has 0 aromatic carbocycles. The lowest BCUT2D eigenvalue weighted by atomic mass is 9.30. The zero-order valence-corrected chi connectivity index (χ0v) is 22.5. The Labute approximate surface area is 210 Å². The van der Waals surface area contributed by atoms with Crippen LogP contribution in [0, 0.1) is 50.2 Å². The normalized spacial score (nSPS) is 53.7. The van der Waals surface area contributed by atoms with Gasteiger partial charge in [-0.3, -0.25) is 9.59 Å². The number of ketones is 1. The number of carboxylic acids is 1. The smallest absolute Gasteiger partial charge is 0.309 e. The molecule has 5 nitrogen and oxygen atoms in total. The highest BCUT2D eigenvalue weighted by Crippen LogP contribution is 2.78. The monoisotopic (exact) mass is 484 g/mol. The number of aliphatic carboxylic acids is 1. The quantitative estimate of drug-likeness (QED) is 0.436. The summed E-state index contributed by atoms with van der Waals surface area (Å²) in [5.74, 6) is -0.427. The van der Waals surface area contributed by atoms with Crippen molar-refractivity contribution in [3.63, 3.8) is 0 Å². The number of aliphatic hydroxyl groups is 1. The van der Waals surface area contributed by atoms with Crippen molar-refractivity contribution in [2.45, 2.75) is 106 Å². The Morgan fingerprint density at radius 3 is 2.11 bits per heavy atom. The molecule has 0 heterocycles. The topological polar surface area (TPSA) is 91.7 Å². The van der Waals surface area contributed by atoms with Gasteiger partial charge in [0.15, 0.2) is 11.5 Å². The van der Waals surface area contributed by atoms with Crippen molar-refractivity contribution in [2.24, 2.45) is 50.2 Å². The summed E-state index contributed by atoms with van der Waals surface area (Å²) in [4.78, 5) is 37.8. The molecule has 0 amide bonds. The van der Waals surface area contributed by atoms with Crippen LogP contribution in [0.1, 0.15) is 106 Å². The number of carbonyl (C=O) groups is 3. The average Bonchev–Trinajstić information content (AvgIpc) is 2.81.